The van der Waals surface area contributed by atoms with E-state index in [0.29, 0.717) is 0 Å². The van der Waals surface area contributed by atoms with Crippen molar-refractivity contribution in [1.82, 2.24) is 10.3 Å². The molecule has 100 valence electrons. The summed E-state index contributed by atoms with van der Waals surface area (Å²) in [5.74, 6) is 0.266. The molecule has 2 N–H and O–H groups in total. The number of rotatable bonds is 2. The third-order valence-corrected chi connectivity index (χ3v) is 4.35. The molecule has 1 saturated heterocycles. The summed E-state index contributed by atoms with van der Waals surface area (Å²) in [4.78, 5) is 4.39. The Morgan fingerprint density at radius 3 is 3.16 bits per heavy atom. The summed E-state index contributed by atoms with van der Waals surface area (Å²) >= 11 is 0. The van der Waals surface area contributed by atoms with Crippen LogP contribution in [0.4, 0.5) is 0 Å². The first-order chi connectivity index (χ1) is 9.24. The monoisotopic (exact) mass is 256 g/mol. The van der Waals surface area contributed by atoms with Crippen LogP contribution in [-0.2, 0) is 5.60 Å². The maximum Gasteiger partial charge on any atom is 0.0949 e. The third-order valence-electron chi connectivity index (χ3n) is 4.35. The van der Waals surface area contributed by atoms with Crippen LogP contribution in [0.3, 0.4) is 0 Å². The Morgan fingerprint density at radius 2 is 2.32 bits per heavy atom. The highest BCUT2D eigenvalue weighted by molar-refractivity contribution is 5.79. The molecule has 19 heavy (non-hydrogen) atoms. The lowest BCUT2D eigenvalue weighted by Gasteiger charge is -2.40. The molecule has 1 aliphatic rings. The van der Waals surface area contributed by atoms with Crippen LogP contribution in [0.25, 0.3) is 10.9 Å². The van der Waals surface area contributed by atoms with E-state index in [1.54, 1.807) is 6.20 Å². The summed E-state index contributed by atoms with van der Waals surface area (Å²) in [5.41, 5.74) is 1.25. The van der Waals surface area contributed by atoms with Gasteiger partial charge < -0.3 is 10.4 Å². The Hall–Kier alpha value is -1.45. The average molecular weight is 256 g/mol. The van der Waals surface area contributed by atoms with E-state index in [1.165, 1.54) is 0 Å². The van der Waals surface area contributed by atoms with E-state index in [-0.39, 0.29) is 5.92 Å². The van der Waals surface area contributed by atoms with E-state index >= 15 is 0 Å². The van der Waals surface area contributed by atoms with Crippen molar-refractivity contribution in [3.63, 3.8) is 0 Å². The standard InChI is InChI=1S/C16H20N2O/c1-2-13-11-17-9-7-16(13,19)14-6-5-12-4-3-8-18-15(12)10-14/h3-6,8,10,13,17,19H,2,7,9,11H2,1H3. The Bertz CT molecular complexity index is 584. The van der Waals surface area contributed by atoms with Crippen molar-refractivity contribution >= 4 is 10.9 Å². The number of fused-ring (bicyclic) bond motifs is 1. The van der Waals surface area contributed by atoms with Gasteiger partial charge in [0, 0.05) is 24.0 Å². The molecule has 0 spiro atoms. The molecule has 2 aromatic rings. The fourth-order valence-corrected chi connectivity index (χ4v) is 3.13. The molecule has 0 bridgehead atoms. The van der Waals surface area contributed by atoms with Gasteiger partial charge in [0.25, 0.3) is 0 Å². The summed E-state index contributed by atoms with van der Waals surface area (Å²) in [7, 11) is 0. The molecule has 1 aliphatic heterocycles. The predicted octanol–water partition coefficient (Wildman–Crippen LogP) is 2.44. The van der Waals surface area contributed by atoms with Crippen LogP contribution in [0.2, 0.25) is 0 Å². The van der Waals surface area contributed by atoms with Crippen molar-refractivity contribution in [2.75, 3.05) is 13.1 Å². The Kier molecular flexibility index (Phi) is 3.25. The smallest absolute Gasteiger partial charge is 0.0949 e. The third kappa shape index (κ3) is 2.13. The summed E-state index contributed by atoms with van der Waals surface area (Å²) in [6.45, 7) is 3.89. The van der Waals surface area contributed by atoms with Gasteiger partial charge in [-0.3, -0.25) is 4.98 Å². The van der Waals surface area contributed by atoms with Crippen LogP contribution >= 0.6 is 0 Å². The molecule has 2 heterocycles. The van der Waals surface area contributed by atoms with E-state index in [2.05, 4.69) is 35.4 Å². The van der Waals surface area contributed by atoms with Gasteiger partial charge in [-0.05, 0) is 37.1 Å². The number of aromatic nitrogens is 1. The number of nitrogens with one attached hydrogen (secondary N) is 1. The number of pyridine rings is 1. The quantitative estimate of drug-likeness (QED) is 0.867. The van der Waals surface area contributed by atoms with Crippen molar-refractivity contribution in [2.45, 2.75) is 25.4 Å². The van der Waals surface area contributed by atoms with E-state index in [1.807, 2.05) is 12.1 Å². The lowest BCUT2D eigenvalue weighted by Crippen LogP contribution is -2.47. The molecule has 1 aromatic heterocycles. The van der Waals surface area contributed by atoms with Crippen LogP contribution in [0, 0.1) is 5.92 Å². The molecule has 3 rings (SSSR count). The zero-order valence-electron chi connectivity index (χ0n) is 11.3. The average Bonchev–Trinajstić information content (AvgIpc) is 2.47. The Balaban J connectivity index is 2.06. The molecule has 3 nitrogen and oxygen atoms in total. The largest absolute Gasteiger partial charge is 0.385 e. The predicted molar refractivity (Wildman–Crippen MR) is 76.9 cm³/mol. The summed E-state index contributed by atoms with van der Waals surface area (Å²) in [6.07, 6.45) is 3.55. The fourth-order valence-electron chi connectivity index (χ4n) is 3.13. The molecular weight excluding hydrogens is 236 g/mol. The number of aliphatic hydroxyl groups is 1. The molecule has 1 fully saturated rings. The highest BCUT2D eigenvalue weighted by Crippen LogP contribution is 2.37. The minimum absolute atomic E-state index is 0.266. The SMILES string of the molecule is CCC1CNCCC1(O)c1ccc2cccnc2c1. The second-order valence-electron chi connectivity index (χ2n) is 5.39. The van der Waals surface area contributed by atoms with Gasteiger partial charge in [0.15, 0.2) is 0 Å². The molecule has 0 aliphatic carbocycles. The molecular formula is C16H20N2O. The molecule has 2 unspecified atom stereocenters. The van der Waals surface area contributed by atoms with Crippen LogP contribution in [0.15, 0.2) is 36.5 Å². The fraction of sp³-hybridized carbons (Fsp3) is 0.438. The second-order valence-corrected chi connectivity index (χ2v) is 5.39. The van der Waals surface area contributed by atoms with Crippen molar-refractivity contribution in [1.29, 1.82) is 0 Å². The van der Waals surface area contributed by atoms with Crippen molar-refractivity contribution in [3.05, 3.63) is 42.1 Å². The van der Waals surface area contributed by atoms with Crippen LogP contribution in [0.5, 0.6) is 0 Å². The topological polar surface area (TPSA) is 45.1 Å². The van der Waals surface area contributed by atoms with E-state index in [0.717, 1.165) is 42.4 Å². The second kappa shape index (κ2) is 4.91. The lowest BCUT2D eigenvalue weighted by molar-refractivity contribution is -0.0477. The van der Waals surface area contributed by atoms with Crippen LogP contribution in [0.1, 0.15) is 25.3 Å². The normalized spacial score (nSPS) is 27.6. The van der Waals surface area contributed by atoms with Gasteiger partial charge in [0.1, 0.15) is 0 Å². The van der Waals surface area contributed by atoms with Gasteiger partial charge in [-0.2, -0.15) is 0 Å². The molecule has 3 heteroatoms. The molecule has 0 radical (unpaired) electrons. The lowest BCUT2D eigenvalue weighted by atomic mass is 9.75. The molecule has 0 saturated carbocycles. The number of hydrogen-bond donors (Lipinski definition) is 2. The number of nitrogens with zero attached hydrogens (tertiary/aromatic N) is 1. The Morgan fingerprint density at radius 1 is 1.42 bits per heavy atom. The zero-order valence-corrected chi connectivity index (χ0v) is 11.3. The van der Waals surface area contributed by atoms with Crippen molar-refractivity contribution in [2.24, 2.45) is 5.92 Å². The van der Waals surface area contributed by atoms with E-state index in [9.17, 15) is 5.11 Å². The molecule has 1 aromatic carbocycles. The maximum absolute atomic E-state index is 11.1. The van der Waals surface area contributed by atoms with Gasteiger partial charge in [-0.1, -0.05) is 25.1 Å². The van der Waals surface area contributed by atoms with Gasteiger partial charge in [0.2, 0.25) is 0 Å². The van der Waals surface area contributed by atoms with Crippen molar-refractivity contribution < 1.29 is 5.11 Å². The van der Waals surface area contributed by atoms with Gasteiger partial charge in [-0.25, -0.2) is 0 Å². The zero-order chi connectivity index (χ0) is 13.3. The van der Waals surface area contributed by atoms with Crippen molar-refractivity contribution in [3.8, 4) is 0 Å². The summed E-state index contributed by atoms with van der Waals surface area (Å²) < 4.78 is 0. The van der Waals surface area contributed by atoms with Gasteiger partial charge in [-0.15, -0.1) is 0 Å². The Labute approximate surface area is 113 Å². The minimum atomic E-state index is -0.717. The number of benzene rings is 1. The molecule has 0 amide bonds. The number of hydrogen-bond acceptors (Lipinski definition) is 3. The highest BCUT2D eigenvalue weighted by Gasteiger charge is 2.39. The first-order valence-corrected chi connectivity index (χ1v) is 7.02. The van der Waals surface area contributed by atoms with E-state index < -0.39 is 5.60 Å². The van der Waals surface area contributed by atoms with E-state index in [4.69, 9.17) is 0 Å². The minimum Gasteiger partial charge on any atom is -0.385 e. The maximum atomic E-state index is 11.1. The molecule has 2 atom stereocenters. The van der Waals surface area contributed by atoms with Crippen LogP contribution in [-0.4, -0.2) is 23.2 Å². The van der Waals surface area contributed by atoms with Crippen LogP contribution < -0.4 is 5.32 Å². The van der Waals surface area contributed by atoms with Gasteiger partial charge >= 0.3 is 0 Å². The highest BCUT2D eigenvalue weighted by atomic mass is 16.3. The summed E-state index contributed by atoms with van der Waals surface area (Å²) in [6, 6.07) is 10.2. The summed E-state index contributed by atoms with van der Waals surface area (Å²) in [5, 5.41) is 15.6. The first-order valence-electron chi connectivity index (χ1n) is 7.02. The number of piperidine rings is 1. The first kappa shape index (κ1) is 12.6. The van der Waals surface area contributed by atoms with Gasteiger partial charge in [0.05, 0.1) is 11.1 Å².